The van der Waals surface area contributed by atoms with Gasteiger partial charge in [-0.05, 0) is 68.5 Å². The second-order valence-corrected chi connectivity index (χ2v) is 14.5. The monoisotopic (exact) mass is 689 g/mol. The molecule has 11 heteroatoms. The number of benzene rings is 2. The Balaban J connectivity index is 0.00000378. The third-order valence-corrected chi connectivity index (χ3v) is 11.1. The third kappa shape index (κ3) is 6.10. The molecule has 5 aromatic rings. The fourth-order valence-corrected chi connectivity index (χ4v) is 8.37. The topological polar surface area (TPSA) is 105 Å². The molecule has 0 saturated carbocycles. The van der Waals surface area contributed by atoms with E-state index in [-0.39, 0.29) is 37.6 Å². The lowest BCUT2D eigenvalue weighted by atomic mass is 9.99. The minimum Gasteiger partial charge on any atom is -0.354 e. The van der Waals surface area contributed by atoms with Crippen LogP contribution in [0.4, 0.5) is 5.82 Å². The van der Waals surface area contributed by atoms with Crippen molar-refractivity contribution < 1.29 is 9.59 Å². The molecule has 3 aliphatic rings. The molecule has 0 bridgehead atoms. The fraction of sp³-hybridized carbons (Fsp3) is 0.316. The molecule has 1 N–H and O–H groups in total. The normalized spacial score (nSPS) is 17.9. The molecule has 1 unspecified atom stereocenters. The van der Waals surface area contributed by atoms with Gasteiger partial charge in [-0.25, -0.2) is 4.98 Å². The molecule has 0 radical (unpaired) electrons. The number of amides is 1. The molecule has 3 aromatic heterocycles. The summed E-state index contributed by atoms with van der Waals surface area (Å²) in [6, 6.07) is 18.3. The second kappa shape index (κ2) is 13.0. The van der Waals surface area contributed by atoms with Gasteiger partial charge in [-0.3, -0.25) is 19.1 Å². The van der Waals surface area contributed by atoms with Gasteiger partial charge in [0.25, 0.3) is 0 Å². The van der Waals surface area contributed by atoms with Crippen molar-refractivity contribution in [3.05, 3.63) is 111 Å². The number of nitrogens with zero attached hydrogens (tertiary/aromatic N) is 6. The number of carbonyl (C=O) groups is 2. The highest BCUT2D eigenvalue weighted by atomic mass is 32.1. The van der Waals surface area contributed by atoms with Crippen molar-refractivity contribution in [1.29, 1.82) is 0 Å². The van der Waals surface area contributed by atoms with Gasteiger partial charge in [0.05, 0.1) is 12.1 Å². The van der Waals surface area contributed by atoms with Crippen molar-refractivity contribution in [3.63, 3.8) is 0 Å². The molecule has 2 aliphatic heterocycles. The largest absolute Gasteiger partial charge is 0.354 e. The van der Waals surface area contributed by atoms with Gasteiger partial charge >= 0.3 is 0 Å². The highest BCUT2D eigenvalue weighted by Crippen LogP contribution is 2.39. The van der Waals surface area contributed by atoms with Crippen molar-refractivity contribution >= 4 is 48.1 Å². The zero-order valence-electron chi connectivity index (χ0n) is 28.1. The number of pyridine rings is 1. The van der Waals surface area contributed by atoms with Crippen LogP contribution in [0.1, 0.15) is 68.8 Å². The summed E-state index contributed by atoms with van der Waals surface area (Å²) in [5.41, 5.74) is 9.75. The summed E-state index contributed by atoms with van der Waals surface area (Å²) in [6.07, 6.45) is 3.97. The summed E-state index contributed by atoms with van der Waals surface area (Å²) in [4.78, 5) is 39.0. The van der Waals surface area contributed by atoms with Gasteiger partial charge in [0, 0.05) is 59.7 Å². The minimum absolute atomic E-state index is 0. The van der Waals surface area contributed by atoms with Crippen LogP contribution in [0.3, 0.4) is 0 Å². The van der Waals surface area contributed by atoms with E-state index in [4.69, 9.17) is 9.98 Å². The maximum absolute atomic E-state index is 13.7. The zero-order chi connectivity index (χ0) is 33.1. The van der Waals surface area contributed by atoms with Crippen LogP contribution in [0.15, 0.2) is 65.8 Å². The van der Waals surface area contributed by atoms with Crippen LogP contribution in [0.5, 0.6) is 0 Å². The molecule has 0 spiro atoms. The summed E-state index contributed by atoms with van der Waals surface area (Å²) < 4.78 is 2.09. The van der Waals surface area contributed by atoms with E-state index >= 15 is 0 Å². The quantitative estimate of drug-likeness (QED) is 0.232. The van der Waals surface area contributed by atoms with Gasteiger partial charge in [-0.15, -0.1) is 21.5 Å². The van der Waals surface area contributed by atoms with Gasteiger partial charge in [0.15, 0.2) is 5.82 Å². The molecule has 250 valence electrons. The van der Waals surface area contributed by atoms with Crippen LogP contribution in [0, 0.1) is 27.7 Å². The molecule has 1 saturated heterocycles. The third-order valence-electron chi connectivity index (χ3n) is 9.88. The van der Waals surface area contributed by atoms with Crippen LogP contribution in [-0.4, -0.2) is 56.3 Å². The predicted octanol–water partition coefficient (Wildman–Crippen LogP) is 6.08. The number of ketones is 1. The predicted molar refractivity (Wildman–Crippen MR) is 199 cm³/mol. The van der Waals surface area contributed by atoms with Crippen molar-refractivity contribution in [2.45, 2.75) is 65.5 Å². The average Bonchev–Trinajstić information content (AvgIpc) is 3.84. The molecule has 1 fully saturated rings. The Bertz CT molecular complexity index is 2110. The van der Waals surface area contributed by atoms with Crippen LogP contribution >= 0.6 is 24.8 Å². The van der Waals surface area contributed by atoms with E-state index in [9.17, 15) is 9.59 Å². The lowest BCUT2D eigenvalue weighted by molar-refractivity contribution is -0.122. The molecule has 1 amide bonds. The van der Waals surface area contributed by atoms with E-state index in [0.717, 1.165) is 68.7 Å². The van der Waals surface area contributed by atoms with E-state index in [1.54, 1.807) is 11.3 Å². The van der Waals surface area contributed by atoms with Gasteiger partial charge in [0.1, 0.15) is 28.5 Å². The number of nitrogens with one attached hydrogen (secondary N) is 1. The highest BCUT2D eigenvalue weighted by molar-refractivity contribution is 7.59. The van der Waals surface area contributed by atoms with Crippen molar-refractivity contribution in [2.75, 3.05) is 18.0 Å². The summed E-state index contributed by atoms with van der Waals surface area (Å²) in [5, 5.41) is 13.3. The van der Waals surface area contributed by atoms with E-state index in [1.807, 2.05) is 19.2 Å². The minimum atomic E-state index is -0.481. The van der Waals surface area contributed by atoms with Gasteiger partial charge in [-0.1, -0.05) is 48.0 Å². The number of aliphatic imine (C=N–C) groups is 1. The molecule has 5 heterocycles. The van der Waals surface area contributed by atoms with E-state index in [1.165, 1.54) is 16.0 Å². The number of aryl methyl sites for hydroxylation is 3. The molecule has 2 aromatic carbocycles. The zero-order valence-corrected chi connectivity index (χ0v) is 29.9. The van der Waals surface area contributed by atoms with Crippen molar-refractivity contribution in [1.82, 2.24) is 25.1 Å². The molecule has 2 atom stereocenters. The lowest BCUT2D eigenvalue weighted by Gasteiger charge is -2.19. The van der Waals surface area contributed by atoms with Crippen LogP contribution in [-0.2, 0) is 22.4 Å². The maximum Gasteiger partial charge on any atom is 0.222 e. The molecule has 8 rings (SSSR count). The summed E-state index contributed by atoms with van der Waals surface area (Å²) in [5.74, 6) is 2.60. The summed E-state index contributed by atoms with van der Waals surface area (Å²) in [6.45, 7) is 9.82. The first-order valence-corrected chi connectivity index (χ1v) is 17.3. The molecular weight excluding hydrogens is 651 g/mol. The van der Waals surface area contributed by atoms with Crippen LogP contribution in [0.2, 0.25) is 0 Å². The number of fused-ring (bicyclic) bond motifs is 4. The molecule has 1 aliphatic carbocycles. The molecule has 49 heavy (non-hydrogen) atoms. The van der Waals surface area contributed by atoms with Crippen molar-refractivity contribution in [3.8, 4) is 16.1 Å². The number of rotatable bonds is 6. The van der Waals surface area contributed by atoms with Crippen LogP contribution in [0.25, 0.3) is 16.1 Å². The summed E-state index contributed by atoms with van der Waals surface area (Å²) in [7, 11) is 0. The number of aromatic nitrogens is 4. The Morgan fingerprint density at radius 3 is 2.47 bits per heavy atom. The first-order valence-electron chi connectivity index (χ1n) is 16.5. The van der Waals surface area contributed by atoms with Crippen molar-refractivity contribution in [2.24, 2.45) is 4.99 Å². The maximum atomic E-state index is 13.7. The molecule has 9 nitrogen and oxygen atoms in total. The first kappa shape index (κ1) is 32.9. The average molecular weight is 690 g/mol. The number of Topliss-reactive ketones (excluding diaryl/α,β-unsaturated/α-hetero) is 1. The number of carbonyl (C=O) groups excluding carboxylic acids is 2. The Morgan fingerprint density at radius 1 is 0.939 bits per heavy atom. The number of anilines is 1. The lowest BCUT2D eigenvalue weighted by Crippen LogP contribution is -2.37. The summed E-state index contributed by atoms with van der Waals surface area (Å²) >= 11 is 1.72. The molecular formula is C38H39N7O2S2. The standard InChI is InChI=1S/C38H37N7O2S.H2S/c1-21-5-7-25(8-6-21)36-35-22(2)23(3)48-38(35)45-24(4)42-43-37(45)32(41-36)18-34(47)40-30-13-14-44(20-30)33-12-11-28(19-39-33)26-9-10-27-16-31(46)17-29(27)15-26;/h5-12,15,19,30,32H,13-14,16-18,20H2,1-4H3,(H,40,47);1H2/t30?,32-;/m0./s1. The Hall–Kier alpha value is -4.61. The number of thiophene rings is 1. The van der Waals surface area contributed by atoms with E-state index in [0.29, 0.717) is 25.2 Å². The Morgan fingerprint density at radius 2 is 1.69 bits per heavy atom. The number of hydrogen-bond donors (Lipinski definition) is 1. The smallest absolute Gasteiger partial charge is 0.222 e. The van der Waals surface area contributed by atoms with Gasteiger partial charge in [-0.2, -0.15) is 13.5 Å². The van der Waals surface area contributed by atoms with Crippen LogP contribution < -0.4 is 10.2 Å². The van der Waals surface area contributed by atoms with E-state index in [2.05, 4.69) is 94.3 Å². The second-order valence-electron chi connectivity index (χ2n) is 13.2. The van der Waals surface area contributed by atoms with Gasteiger partial charge < -0.3 is 10.2 Å². The van der Waals surface area contributed by atoms with E-state index < -0.39 is 6.04 Å². The highest BCUT2D eigenvalue weighted by Gasteiger charge is 2.33. The Labute approximate surface area is 297 Å². The number of hydrogen-bond acceptors (Lipinski definition) is 8. The first-order chi connectivity index (χ1) is 23.2. The SMILES string of the molecule is Cc1ccc(C2=N[C@@H](CC(=O)NC3CCN(c4ccc(-c5ccc6c(c5)CC(=O)C6)cn4)C3)c3nnc(C)n3-c3sc(C)c(C)c32)cc1.S. The fourth-order valence-electron chi connectivity index (χ4n) is 7.16. The van der Waals surface area contributed by atoms with Gasteiger partial charge in [0.2, 0.25) is 5.91 Å². The Kier molecular flexibility index (Phi) is 8.74.